The van der Waals surface area contributed by atoms with Gasteiger partial charge in [0.25, 0.3) is 0 Å². The fourth-order valence-electron chi connectivity index (χ4n) is 6.13. The van der Waals surface area contributed by atoms with E-state index in [0.29, 0.717) is 41.3 Å². The lowest BCUT2D eigenvalue weighted by Crippen LogP contribution is -2.19. The molecule has 1 aromatic heterocycles. The predicted octanol–water partition coefficient (Wildman–Crippen LogP) is 11.3. The molecule has 1 heterocycles. The number of imidazole rings is 1. The van der Waals surface area contributed by atoms with E-state index in [1.807, 2.05) is 30.3 Å². The number of alkyl halides is 1. The highest BCUT2D eigenvalue weighted by atomic mass is 35.5. The summed E-state index contributed by atoms with van der Waals surface area (Å²) in [5, 5.41) is 0.972. The Balaban J connectivity index is 1.26. The van der Waals surface area contributed by atoms with Crippen LogP contribution in [0.25, 0.3) is 0 Å². The van der Waals surface area contributed by atoms with Crippen LogP contribution in [0.1, 0.15) is 65.3 Å². The standard InChI is InChI=1S/C43H41Cl3N2O2/c1-43(2,35-27-37(45)42(38(46)28-35)49-24-12-23-44)34-19-21-36(22-20-34)50-30-39-40(25-31-13-6-3-7-14-31)48(29-33-17-10-5-11-18-33)41(47-39)26-32-15-8-4-9-16-32/h3-11,13-22,27-28H,12,23-26,29-30H2,1-2H3. The van der Waals surface area contributed by atoms with Gasteiger partial charge in [-0.05, 0) is 58.5 Å². The second-order valence-electron chi connectivity index (χ2n) is 12.9. The molecule has 0 fully saturated rings. The van der Waals surface area contributed by atoms with Crippen LogP contribution in [-0.2, 0) is 31.4 Å². The molecule has 0 aliphatic heterocycles. The molecule has 0 unspecified atom stereocenters. The van der Waals surface area contributed by atoms with Gasteiger partial charge in [0.05, 0.1) is 22.3 Å². The Morgan fingerprint density at radius 2 is 1.22 bits per heavy atom. The topological polar surface area (TPSA) is 36.3 Å². The molecule has 0 saturated carbocycles. The van der Waals surface area contributed by atoms with Crippen molar-refractivity contribution >= 4 is 34.8 Å². The largest absolute Gasteiger partial charge is 0.490 e. The first-order chi connectivity index (χ1) is 24.3. The van der Waals surface area contributed by atoms with Gasteiger partial charge in [-0.2, -0.15) is 0 Å². The van der Waals surface area contributed by atoms with Gasteiger partial charge in [-0.25, -0.2) is 4.98 Å². The van der Waals surface area contributed by atoms with Crippen molar-refractivity contribution in [1.82, 2.24) is 9.55 Å². The zero-order valence-corrected chi connectivity index (χ0v) is 30.7. The third kappa shape index (κ3) is 8.73. The van der Waals surface area contributed by atoms with E-state index >= 15 is 0 Å². The second-order valence-corrected chi connectivity index (χ2v) is 14.1. The van der Waals surface area contributed by atoms with Gasteiger partial charge in [0, 0.05) is 36.4 Å². The number of ether oxygens (including phenoxy) is 2. The average Bonchev–Trinajstić information content (AvgIpc) is 3.44. The summed E-state index contributed by atoms with van der Waals surface area (Å²) < 4.78 is 14.6. The Kier molecular flexibility index (Phi) is 11.9. The van der Waals surface area contributed by atoms with Gasteiger partial charge in [0.1, 0.15) is 18.2 Å². The molecule has 50 heavy (non-hydrogen) atoms. The first kappa shape index (κ1) is 35.6. The molecule has 0 amide bonds. The highest BCUT2D eigenvalue weighted by Crippen LogP contribution is 2.41. The van der Waals surface area contributed by atoms with Crippen LogP contribution in [0.5, 0.6) is 11.5 Å². The van der Waals surface area contributed by atoms with Crippen LogP contribution in [0.15, 0.2) is 127 Å². The van der Waals surface area contributed by atoms with Crippen molar-refractivity contribution in [3.63, 3.8) is 0 Å². The summed E-state index contributed by atoms with van der Waals surface area (Å²) in [7, 11) is 0. The molecule has 0 bridgehead atoms. The van der Waals surface area contributed by atoms with Crippen molar-refractivity contribution in [2.24, 2.45) is 0 Å². The molecule has 0 saturated heterocycles. The molecule has 0 atom stereocenters. The number of aromatic nitrogens is 2. The maximum Gasteiger partial charge on any atom is 0.156 e. The highest BCUT2D eigenvalue weighted by Gasteiger charge is 2.26. The first-order valence-corrected chi connectivity index (χ1v) is 18.2. The van der Waals surface area contributed by atoms with Crippen LogP contribution in [0.3, 0.4) is 0 Å². The minimum Gasteiger partial charge on any atom is -0.490 e. The molecule has 4 nitrogen and oxygen atoms in total. The smallest absolute Gasteiger partial charge is 0.156 e. The highest BCUT2D eigenvalue weighted by molar-refractivity contribution is 6.37. The van der Waals surface area contributed by atoms with E-state index in [2.05, 4.69) is 115 Å². The van der Waals surface area contributed by atoms with Gasteiger partial charge in [0.2, 0.25) is 0 Å². The van der Waals surface area contributed by atoms with Crippen molar-refractivity contribution in [3.8, 4) is 11.5 Å². The van der Waals surface area contributed by atoms with Crippen molar-refractivity contribution in [2.45, 2.75) is 51.7 Å². The van der Waals surface area contributed by atoms with Crippen LogP contribution in [0.4, 0.5) is 0 Å². The van der Waals surface area contributed by atoms with Gasteiger partial charge < -0.3 is 14.0 Å². The lowest BCUT2D eigenvalue weighted by molar-refractivity contribution is 0.300. The van der Waals surface area contributed by atoms with Crippen molar-refractivity contribution in [3.05, 3.63) is 182 Å². The molecule has 0 radical (unpaired) electrons. The Morgan fingerprint density at radius 3 is 1.80 bits per heavy atom. The van der Waals surface area contributed by atoms with E-state index in [1.165, 1.54) is 16.7 Å². The SMILES string of the molecule is CC(C)(c1ccc(OCc2nc(Cc3ccccc3)n(Cc3ccccc3)c2Cc2ccccc2)cc1)c1cc(Cl)c(OCCCCl)c(Cl)c1. The predicted molar refractivity (Wildman–Crippen MR) is 206 cm³/mol. The Labute approximate surface area is 310 Å². The quantitative estimate of drug-likeness (QED) is 0.0782. The summed E-state index contributed by atoms with van der Waals surface area (Å²) in [6, 6.07) is 43.8. The number of benzene rings is 5. The average molecular weight is 724 g/mol. The normalized spacial score (nSPS) is 11.5. The van der Waals surface area contributed by atoms with Crippen molar-refractivity contribution in [2.75, 3.05) is 12.5 Å². The molecule has 0 aliphatic rings. The first-order valence-electron chi connectivity index (χ1n) is 16.9. The van der Waals surface area contributed by atoms with E-state index in [9.17, 15) is 0 Å². The van der Waals surface area contributed by atoms with Gasteiger partial charge in [-0.1, -0.05) is 140 Å². The minimum atomic E-state index is -0.369. The fourth-order valence-corrected chi connectivity index (χ4v) is 6.84. The Morgan fingerprint density at radius 1 is 0.660 bits per heavy atom. The number of rotatable bonds is 15. The Bertz CT molecular complexity index is 1950. The summed E-state index contributed by atoms with van der Waals surface area (Å²) in [6.45, 7) is 5.86. The summed E-state index contributed by atoms with van der Waals surface area (Å²) >= 11 is 19.1. The molecule has 0 N–H and O–H groups in total. The summed E-state index contributed by atoms with van der Waals surface area (Å²) in [5.74, 6) is 2.80. The zero-order valence-electron chi connectivity index (χ0n) is 28.4. The van der Waals surface area contributed by atoms with Gasteiger partial charge in [-0.15, -0.1) is 11.6 Å². The van der Waals surface area contributed by atoms with E-state index < -0.39 is 0 Å². The molecule has 7 heteroatoms. The Hall–Kier alpha value is -4.22. The number of halogens is 3. The molecule has 5 aromatic carbocycles. The second kappa shape index (κ2) is 16.7. The minimum absolute atomic E-state index is 0.352. The molecular weight excluding hydrogens is 683 g/mol. The fraction of sp³-hybridized carbons (Fsp3) is 0.233. The number of hydrogen-bond acceptors (Lipinski definition) is 3. The molecule has 6 rings (SSSR count). The molecule has 0 spiro atoms. The number of nitrogens with zero attached hydrogens (tertiary/aromatic N) is 2. The van der Waals surface area contributed by atoms with E-state index in [1.54, 1.807) is 0 Å². The van der Waals surface area contributed by atoms with Crippen LogP contribution in [-0.4, -0.2) is 22.0 Å². The third-order valence-corrected chi connectivity index (χ3v) is 9.86. The molecule has 0 aliphatic carbocycles. The van der Waals surface area contributed by atoms with E-state index in [-0.39, 0.29) is 5.41 Å². The molecular formula is C43H41Cl3N2O2. The number of hydrogen-bond donors (Lipinski definition) is 0. The van der Waals surface area contributed by atoms with Gasteiger partial charge >= 0.3 is 0 Å². The van der Waals surface area contributed by atoms with Crippen LogP contribution < -0.4 is 9.47 Å². The van der Waals surface area contributed by atoms with Crippen LogP contribution in [0, 0.1) is 0 Å². The van der Waals surface area contributed by atoms with E-state index in [4.69, 9.17) is 49.3 Å². The van der Waals surface area contributed by atoms with Gasteiger partial charge in [0.15, 0.2) is 5.75 Å². The van der Waals surface area contributed by atoms with Crippen molar-refractivity contribution < 1.29 is 9.47 Å². The summed E-state index contributed by atoms with van der Waals surface area (Å²) in [6.07, 6.45) is 2.20. The van der Waals surface area contributed by atoms with Gasteiger partial charge in [-0.3, -0.25) is 0 Å². The molecule has 256 valence electrons. The third-order valence-electron chi connectivity index (χ3n) is 9.03. The lowest BCUT2D eigenvalue weighted by Gasteiger charge is -2.27. The zero-order chi connectivity index (χ0) is 34.9. The monoisotopic (exact) mass is 722 g/mol. The van der Waals surface area contributed by atoms with Crippen LogP contribution >= 0.6 is 34.8 Å². The maximum atomic E-state index is 6.63. The van der Waals surface area contributed by atoms with Crippen LogP contribution in [0.2, 0.25) is 10.0 Å². The maximum absolute atomic E-state index is 6.63. The van der Waals surface area contributed by atoms with Crippen molar-refractivity contribution in [1.29, 1.82) is 0 Å². The molecule has 6 aromatic rings. The lowest BCUT2D eigenvalue weighted by atomic mass is 9.78. The van der Waals surface area contributed by atoms with E-state index in [0.717, 1.165) is 53.5 Å². The summed E-state index contributed by atoms with van der Waals surface area (Å²) in [5.41, 5.74) is 7.52. The summed E-state index contributed by atoms with van der Waals surface area (Å²) in [4.78, 5) is 5.25.